The number of rotatable bonds is 3. The molecule has 1 aliphatic heterocycles. The minimum absolute atomic E-state index is 0.0426. The van der Waals surface area contributed by atoms with E-state index in [-0.39, 0.29) is 11.5 Å². The Labute approximate surface area is 145 Å². The summed E-state index contributed by atoms with van der Waals surface area (Å²) in [5, 5.41) is 6.77. The monoisotopic (exact) mass is 340 g/mol. The summed E-state index contributed by atoms with van der Waals surface area (Å²) >= 11 is 0. The van der Waals surface area contributed by atoms with Crippen molar-refractivity contribution in [2.24, 2.45) is 7.05 Å². The van der Waals surface area contributed by atoms with E-state index in [1.807, 2.05) is 30.3 Å². The fourth-order valence-corrected chi connectivity index (χ4v) is 3.02. The summed E-state index contributed by atoms with van der Waals surface area (Å²) in [6, 6.07) is 8.68. The van der Waals surface area contributed by atoms with E-state index in [0.29, 0.717) is 24.2 Å². The van der Waals surface area contributed by atoms with Crippen LogP contribution in [0.25, 0.3) is 0 Å². The SMILES string of the molecule is Cc1nn(C)c(=O)c(C(=O)NC2CCN(c3ccccc3)C2=O)c1C. The van der Waals surface area contributed by atoms with Gasteiger partial charge in [-0.1, -0.05) is 18.2 Å². The molecule has 1 aromatic carbocycles. The molecule has 0 radical (unpaired) electrons. The van der Waals surface area contributed by atoms with Crippen molar-refractivity contribution in [1.82, 2.24) is 15.1 Å². The average molecular weight is 340 g/mol. The molecule has 130 valence electrons. The molecule has 2 aromatic rings. The molecule has 0 bridgehead atoms. The summed E-state index contributed by atoms with van der Waals surface area (Å²) in [6.45, 7) is 3.95. The first-order valence-electron chi connectivity index (χ1n) is 8.12. The molecule has 0 spiro atoms. The van der Waals surface area contributed by atoms with E-state index < -0.39 is 17.5 Å². The van der Waals surface area contributed by atoms with Gasteiger partial charge < -0.3 is 10.2 Å². The predicted octanol–water partition coefficient (Wildman–Crippen LogP) is 0.932. The molecule has 1 aliphatic rings. The highest BCUT2D eigenvalue weighted by Crippen LogP contribution is 2.21. The molecule has 1 aromatic heterocycles. The zero-order valence-corrected chi connectivity index (χ0v) is 14.4. The molecule has 1 atom stereocenters. The highest BCUT2D eigenvalue weighted by Gasteiger charge is 2.34. The number of nitrogens with one attached hydrogen (secondary N) is 1. The number of hydrogen-bond acceptors (Lipinski definition) is 4. The second-order valence-corrected chi connectivity index (χ2v) is 6.15. The summed E-state index contributed by atoms with van der Waals surface area (Å²) in [7, 11) is 1.50. The van der Waals surface area contributed by atoms with Crippen LogP contribution in [0.3, 0.4) is 0 Å². The van der Waals surface area contributed by atoms with E-state index in [1.54, 1.807) is 18.7 Å². The summed E-state index contributed by atoms with van der Waals surface area (Å²) in [5.41, 5.74) is 1.52. The Bertz CT molecular complexity index is 889. The molecule has 2 heterocycles. The molecular formula is C18H20N4O3. The smallest absolute Gasteiger partial charge is 0.279 e. The van der Waals surface area contributed by atoms with E-state index in [2.05, 4.69) is 10.4 Å². The number of carbonyl (C=O) groups is 2. The van der Waals surface area contributed by atoms with Gasteiger partial charge in [0.1, 0.15) is 11.6 Å². The second-order valence-electron chi connectivity index (χ2n) is 6.15. The molecule has 7 heteroatoms. The van der Waals surface area contributed by atoms with Crippen LogP contribution in [0.15, 0.2) is 35.1 Å². The quantitative estimate of drug-likeness (QED) is 0.901. The lowest BCUT2D eigenvalue weighted by molar-refractivity contribution is -0.118. The van der Waals surface area contributed by atoms with Crippen LogP contribution in [0.4, 0.5) is 5.69 Å². The predicted molar refractivity (Wildman–Crippen MR) is 93.6 cm³/mol. The van der Waals surface area contributed by atoms with Gasteiger partial charge in [0.05, 0.1) is 5.69 Å². The maximum absolute atomic E-state index is 12.6. The highest BCUT2D eigenvalue weighted by atomic mass is 16.2. The van der Waals surface area contributed by atoms with Gasteiger partial charge in [-0.3, -0.25) is 14.4 Å². The number of aryl methyl sites for hydroxylation is 2. The van der Waals surface area contributed by atoms with E-state index >= 15 is 0 Å². The Morgan fingerprint density at radius 3 is 2.56 bits per heavy atom. The number of para-hydroxylation sites is 1. The number of benzene rings is 1. The van der Waals surface area contributed by atoms with Gasteiger partial charge >= 0.3 is 0 Å². The van der Waals surface area contributed by atoms with Crippen molar-refractivity contribution < 1.29 is 9.59 Å². The average Bonchev–Trinajstić information content (AvgIpc) is 2.95. The van der Waals surface area contributed by atoms with Gasteiger partial charge in [0.2, 0.25) is 5.91 Å². The molecule has 2 amide bonds. The number of nitrogens with zero attached hydrogens (tertiary/aromatic N) is 3. The summed E-state index contributed by atoms with van der Waals surface area (Å²) in [6.07, 6.45) is 0.503. The Morgan fingerprint density at radius 1 is 1.20 bits per heavy atom. The maximum Gasteiger partial charge on any atom is 0.279 e. The third-order valence-corrected chi connectivity index (χ3v) is 4.53. The normalized spacial score (nSPS) is 17.0. The van der Waals surface area contributed by atoms with Crippen molar-refractivity contribution in [3.05, 3.63) is 57.5 Å². The van der Waals surface area contributed by atoms with E-state index in [1.165, 1.54) is 7.05 Å². The molecule has 0 aliphatic carbocycles. The molecule has 3 rings (SSSR count). The van der Waals surface area contributed by atoms with Crippen LogP contribution in [-0.2, 0) is 11.8 Å². The van der Waals surface area contributed by atoms with Gasteiger partial charge in [-0.05, 0) is 38.0 Å². The van der Waals surface area contributed by atoms with Crippen LogP contribution in [0.5, 0.6) is 0 Å². The molecular weight excluding hydrogens is 320 g/mol. The van der Waals surface area contributed by atoms with Crippen LogP contribution in [0, 0.1) is 13.8 Å². The van der Waals surface area contributed by atoms with Crippen molar-refractivity contribution in [1.29, 1.82) is 0 Å². The van der Waals surface area contributed by atoms with Crippen molar-refractivity contribution >= 4 is 17.5 Å². The maximum atomic E-state index is 12.6. The number of carbonyl (C=O) groups excluding carboxylic acids is 2. The number of aromatic nitrogens is 2. The number of hydrogen-bond donors (Lipinski definition) is 1. The van der Waals surface area contributed by atoms with Crippen LogP contribution in [0.2, 0.25) is 0 Å². The topological polar surface area (TPSA) is 84.3 Å². The molecule has 1 fully saturated rings. The number of anilines is 1. The number of amides is 2. The zero-order valence-electron chi connectivity index (χ0n) is 14.4. The first-order valence-corrected chi connectivity index (χ1v) is 8.12. The van der Waals surface area contributed by atoms with Gasteiger partial charge in [0, 0.05) is 19.3 Å². The molecule has 1 saturated heterocycles. The first-order chi connectivity index (χ1) is 11.9. The third kappa shape index (κ3) is 3.05. The van der Waals surface area contributed by atoms with Crippen molar-refractivity contribution in [3.8, 4) is 0 Å². The summed E-state index contributed by atoms with van der Waals surface area (Å²) < 4.78 is 1.14. The van der Waals surface area contributed by atoms with Crippen LogP contribution >= 0.6 is 0 Å². The van der Waals surface area contributed by atoms with Gasteiger partial charge in [-0.15, -0.1) is 0 Å². The second kappa shape index (κ2) is 6.51. The van der Waals surface area contributed by atoms with Crippen LogP contribution < -0.4 is 15.8 Å². The van der Waals surface area contributed by atoms with Gasteiger partial charge in [-0.2, -0.15) is 5.10 Å². The Morgan fingerprint density at radius 2 is 1.88 bits per heavy atom. The standard InChI is InChI=1S/C18H20N4O3/c1-11-12(2)20-21(3)18(25)15(11)16(23)19-14-9-10-22(17(14)24)13-7-5-4-6-8-13/h4-8,14H,9-10H2,1-3H3,(H,19,23). The lowest BCUT2D eigenvalue weighted by Crippen LogP contribution is -2.44. The zero-order chi connectivity index (χ0) is 18.1. The van der Waals surface area contributed by atoms with Gasteiger partial charge in [-0.25, -0.2) is 4.68 Å². The fraction of sp³-hybridized carbons (Fsp3) is 0.333. The van der Waals surface area contributed by atoms with Crippen molar-refractivity contribution in [2.75, 3.05) is 11.4 Å². The minimum Gasteiger partial charge on any atom is -0.340 e. The Balaban J connectivity index is 1.81. The molecule has 1 N–H and O–H groups in total. The summed E-state index contributed by atoms with van der Waals surface area (Å²) in [4.78, 5) is 39.1. The lowest BCUT2D eigenvalue weighted by Gasteiger charge is -2.17. The van der Waals surface area contributed by atoms with E-state index in [4.69, 9.17) is 0 Å². The Kier molecular flexibility index (Phi) is 4.39. The first kappa shape index (κ1) is 16.9. The van der Waals surface area contributed by atoms with Crippen molar-refractivity contribution in [3.63, 3.8) is 0 Å². The van der Waals surface area contributed by atoms with Gasteiger partial charge in [0.25, 0.3) is 11.5 Å². The van der Waals surface area contributed by atoms with E-state index in [0.717, 1.165) is 10.4 Å². The lowest BCUT2D eigenvalue weighted by atomic mass is 10.1. The van der Waals surface area contributed by atoms with Crippen molar-refractivity contribution in [2.45, 2.75) is 26.3 Å². The van der Waals surface area contributed by atoms with Crippen LogP contribution in [0.1, 0.15) is 28.0 Å². The van der Waals surface area contributed by atoms with E-state index in [9.17, 15) is 14.4 Å². The summed E-state index contributed by atoms with van der Waals surface area (Å²) in [5.74, 6) is -0.698. The Hall–Kier alpha value is -2.96. The molecule has 0 saturated carbocycles. The highest BCUT2D eigenvalue weighted by molar-refractivity contribution is 6.04. The van der Waals surface area contributed by atoms with Gasteiger partial charge in [0.15, 0.2) is 0 Å². The fourth-order valence-electron chi connectivity index (χ4n) is 3.02. The minimum atomic E-state index is -0.634. The molecule has 7 nitrogen and oxygen atoms in total. The third-order valence-electron chi connectivity index (χ3n) is 4.53. The molecule has 25 heavy (non-hydrogen) atoms. The molecule has 1 unspecified atom stereocenters. The van der Waals surface area contributed by atoms with Crippen LogP contribution in [-0.4, -0.2) is 34.2 Å². The largest absolute Gasteiger partial charge is 0.340 e.